The lowest BCUT2D eigenvalue weighted by molar-refractivity contribution is -0.161. The second-order valence-electron chi connectivity index (χ2n) is 27.9. The van der Waals surface area contributed by atoms with Crippen LogP contribution in [-0.2, 0) is 65.4 Å². The molecule has 17 nitrogen and oxygen atoms in total. The lowest BCUT2D eigenvalue weighted by Crippen LogP contribution is -2.30. The highest BCUT2D eigenvalue weighted by molar-refractivity contribution is 7.47. The monoisotopic (exact) mass is 1400 g/mol. The van der Waals surface area contributed by atoms with E-state index in [1.807, 2.05) is 0 Å². The Bertz CT molecular complexity index is 1820. The van der Waals surface area contributed by atoms with Crippen LogP contribution >= 0.6 is 15.6 Å². The summed E-state index contributed by atoms with van der Waals surface area (Å²) in [5.74, 6) is -1.32. The van der Waals surface area contributed by atoms with Gasteiger partial charge >= 0.3 is 39.5 Å². The summed E-state index contributed by atoms with van der Waals surface area (Å²) in [6, 6.07) is 0. The van der Waals surface area contributed by atoms with E-state index in [-0.39, 0.29) is 25.7 Å². The highest BCUT2D eigenvalue weighted by Crippen LogP contribution is 2.45. The van der Waals surface area contributed by atoms with E-state index < -0.39 is 97.5 Å². The molecule has 0 bridgehead atoms. The van der Waals surface area contributed by atoms with E-state index in [1.54, 1.807) is 0 Å². The molecule has 19 heteroatoms. The Morgan fingerprint density at radius 2 is 0.484 bits per heavy atom. The number of aliphatic hydroxyl groups is 1. The average Bonchev–Trinajstić information content (AvgIpc) is 2.43. The third-order valence-corrected chi connectivity index (χ3v) is 19.7. The molecule has 0 saturated carbocycles. The maximum absolute atomic E-state index is 13.1. The van der Waals surface area contributed by atoms with Crippen molar-refractivity contribution in [1.29, 1.82) is 0 Å². The largest absolute Gasteiger partial charge is 0.472 e. The van der Waals surface area contributed by atoms with Crippen molar-refractivity contribution in [3.05, 3.63) is 0 Å². The maximum atomic E-state index is 13.1. The molecule has 564 valence electrons. The Kier molecular flexibility index (Phi) is 67.7. The predicted molar refractivity (Wildman–Crippen MR) is 386 cm³/mol. The summed E-state index contributed by atoms with van der Waals surface area (Å²) in [5, 5.41) is 10.6. The van der Waals surface area contributed by atoms with Gasteiger partial charge in [-0.1, -0.05) is 349 Å². The molecule has 0 aromatic rings. The van der Waals surface area contributed by atoms with Crippen molar-refractivity contribution in [1.82, 2.24) is 0 Å². The van der Waals surface area contributed by atoms with Gasteiger partial charge in [0.25, 0.3) is 0 Å². The van der Waals surface area contributed by atoms with Crippen LogP contribution in [-0.4, -0.2) is 96.7 Å². The number of aliphatic hydroxyl groups excluding tert-OH is 1. The van der Waals surface area contributed by atoms with Crippen molar-refractivity contribution in [3.63, 3.8) is 0 Å². The molecule has 3 N–H and O–H groups in total. The van der Waals surface area contributed by atoms with Crippen LogP contribution in [0.2, 0.25) is 0 Å². The fraction of sp³-hybridized carbons (Fsp3) is 0.947. The summed E-state index contributed by atoms with van der Waals surface area (Å²) in [7, 11) is -9.90. The molecule has 0 heterocycles. The summed E-state index contributed by atoms with van der Waals surface area (Å²) >= 11 is 0. The number of carbonyl (C=O) groups excluding carboxylic acids is 4. The van der Waals surface area contributed by atoms with Gasteiger partial charge in [0.2, 0.25) is 0 Å². The van der Waals surface area contributed by atoms with E-state index in [0.717, 1.165) is 102 Å². The van der Waals surface area contributed by atoms with E-state index in [4.69, 9.17) is 37.0 Å². The van der Waals surface area contributed by atoms with Crippen LogP contribution in [0.5, 0.6) is 0 Å². The van der Waals surface area contributed by atoms with E-state index in [1.165, 1.54) is 218 Å². The van der Waals surface area contributed by atoms with Crippen molar-refractivity contribution in [2.24, 2.45) is 5.92 Å². The summed E-state index contributed by atoms with van der Waals surface area (Å²) in [4.78, 5) is 72.5. The molecule has 0 saturated heterocycles. The molecule has 0 radical (unpaired) electrons. The molecule has 0 aromatic carbocycles. The number of phosphoric acid groups is 2. The molecule has 0 amide bonds. The van der Waals surface area contributed by atoms with Crippen molar-refractivity contribution >= 4 is 39.5 Å². The van der Waals surface area contributed by atoms with Crippen LogP contribution in [0.1, 0.15) is 401 Å². The molecule has 2 unspecified atom stereocenters. The van der Waals surface area contributed by atoms with Crippen molar-refractivity contribution in [3.8, 4) is 0 Å². The minimum atomic E-state index is -4.95. The number of phosphoric ester groups is 2. The number of hydrogen-bond donors (Lipinski definition) is 3. The standard InChI is InChI=1S/C76H148O17P2/c1-6-9-12-15-17-19-21-23-25-29-33-37-41-45-50-55-60-74(79)87-66-72(93-76(81)62-57-52-47-43-39-35-31-27-28-32-36-40-44-49-53-58-69(4)5)68-91-95(84,85)89-64-70(77)63-88-94(82,83)90-67-71(65-86-73(78)59-54-48-14-11-8-3)92-75(80)61-56-51-46-42-38-34-30-26-24-22-20-18-16-13-10-7-2/h69-72,77H,6-68H2,1-5H3,(H,82,83)(H,84,85)/t70-,71+,72+/m0/s1. The van der Waals surface area contributed by atoms with Crippen LogP contribution in [0.4, 0.5) is 0 Å². The zero-order chi connectivity index (χ0) is 69.8. The maximum Gasteiger partial charge on any atom is 0.472 e. The lowest BCUT2D eigenvalue weighted by atomic mass is 10.0. The van der Waals surface area contributed by atoms with Gasteiger partial charge in [-0.2, -0.15) is 0 Å². The molecule has 0 fully saturated rings. The Morgan fingerprint density at radius 1 is 0.284 bits per heavy atom. The van der Waals surface area contributed by atoms with E-state index in [2.05, 4.69) is 34.6 Å². The Hall–Kier alpha value is -1.94. The molecule has 0 spiro atoms. The predicted octanol–water partition coefficient (Wildman–Crippen LogP) is 22.5. The van der Waals surface area contributed by atoms with Gasteiger partial charge in [-0.3, -0.25) is 37.3 Å². The van der Waals surface area contributed by atoms with Crippen LogP contribution in [0, 0.1) is 5.92 Å². The third-order valence-electron chi connectivity index (χ3n) is 17.8. The summed E-state index contributed by atoms with van der Waals surface area (Å²) < 4.78 is 68.3. The first-order valence-corrected chi connectivity index (χ1v) is 42.6. The number of rotatable bonds is 76. The van der Waals surface area contributed by atoms with Gasteiger partial charge in [-0.05, 0) is 31.6 Å². The highest BCUT2D eigenvalue weighted by atomic mass is 31.2. The Labute approximate surface area is 581 Å². The average molecular weight is 1400 g/mol. The van der Waals surface area contributed by atoms with Crippen molar-refractivity contribution in [2.45, 2.75) is 419 Å². The molecule has 5 atom stereocenters. The van der Waals surface area contributed by atoms with Crippen LogP contribution < -0.4 is 0 Å². The van der Waals surface area contributed by atoms with Gasteiger partial charge in [0.15, 0.2) is 12.2 Å². The number of unbranched alkanes of at least 4 members (excludes halogenated alkanes) is 48. The quantitative estimate of drug-likeness (QED) is 0.0222. The lowest BCUT2D eigenvalue weighted by Gasteiger charge is -2.21. The molecule has 0 aliphatic carbocycles. The Balaban J connectivity index is 5.13. The summed E-state index contributed by atoms with van der Waals surface area (Å²) in [6.45, 7) is 7.24. The smallest absolute Gasteiger partial charge is 0.462 e. The Morgan fingerprint density at radius 3 is 0.716 bits per heavy atom. The molecular weight excluding hydrogens is 1250 g/mol. The SMILES string of the molecule is CCCCCCCCCCCCCCCCCCC(=O)OC[C@H](COP(=O)(O)OC[C@@H](O)COP(=O)(O)OC[C@@H](COC(=O)CCCCCCC)OC(=O)CCCCCCCCCCCCCCCCCC)OC(=O)CCCCCCCCCCCCCCCCCC(C)C. The van der Waals surface area contributed by atoms with Crippen LogP contribution in [0.25, 0.3) is 0 Å². The molecule has 0 rings (SSSR count). The van der Waals surface area contributed by atoms with Gasteiger partial charge in [-0.15, -0.1) is 0 Å². The zero-order valence-corrected chi connectivity index (χ0v) is 63.6. The fourth-order valence-electron chi connectivity index (χ4n) is 11.7. The van der Waals surface area contributed by atoms with Gasteiger partial charge in [0, 0.05) is 25.7 Å². The summed E-state index contributed by atoms with van der Waals surface area (Å²) in [5.41, 5.74) is 0. The molecule has 0 aliphatic heterocycles. The van der Waals surface area contributed by atoms with E-state index in [9.17, 15) is 43.2 Å². The normalized spacial score (nSPS) is 13.9. The second kappa shape index (κ2) is 69.2. The number of hydrogen-bond acceptors (Lipinski definition) is 15. The first-order chi connectivity index (χ1) is 46.0. The topological polar surface area (TPSA) is 237 Å². The first-order valence-electron chi connectivity index (χ1n) is 39.6. The van der Waals surface area contributed by atoms with Crippen LogP contribution in [0.15, 0.2) is 0 Å². The minimum absolute atomic E-state index is 0.108. The first kappa shape index (κ1) is 93.1. The number of carbonyl (C=O) groups is 4. The minimum Gasteiger partial charge on any atom is -0.462 e. The molecule has 95 heavy (non-hydrogen) atoms. The van der Waals surface area contributed by atoms with Gasteiger partial charge < -0.3 is 33.8 Å². The summed E-state index contributed by atoms with van der Waals surface area (Å²) in [6.07, 6.45) is 58.6. The van der Waals surface area contributed by atoms with Crippen molar-refractivity contribution in [2.75, 3.05) is 39.6 Å². The van der Waals surface area contributed by atoms with E-state index >= 15 is 0 Å². The van der Waals surface area contributed by atoms with Crippen LogP contribution in [0.3, 0.4) is 0 Å². The van der Waals surface area contributed by atoms with Gasteiger partial charge in [0.1, 0.15) is 19.3 Å². The molecule has 0 aromatic heterocycles. The number of esters is 4. The molecular formula is C76H148O17P2. The van der Waals surface area contributed by atoms with Gasteiger partial charge in [-0.25, -0.2) is 9.13 Å². The number of ether oxygens (including phenoxy) is 4. The van der Waals surface area contributed by atoms with Crippen molar-refractivity contribution < 1.29 is 80.2 Å². The third kappa shape index (κ3) is 70.3. The highest BCUT2D eigenvalue weighted by Gasteiger charge is 2.30. The van der Waals surface area contributed by atoms with Gasteiger partial charge in [0.05, 0.1) is 26.4 Å². The zero-order valence-electron chi connectivity index (χ0n) is 61.8. The fourth-order valence-corrected chi connectivity index (χ4v) is 13.3. The second-order valence-corrected chi connectivity index (χ2v) is 30.8. The van der Waals surface area contributed by atoms with E-state index in [0.29, 0.717) is 25.7 Å². The molecule has 0 aliphatic rings.